The SMILES string of the molecule is CNC[C@H]1CCCN(C(=O)c2cccnc2Nc2cccc(F)c2)C1. The first-order chi connectivity index (χ1) is 12.2. The maximum absolute atomic E-state index is 13.4. The molecule has 0 saturated carbocycles. The molecule has 0 bridgehead atoms. The molecule has 2 heterocycles. The Bertz CT molecular complexity index is 735. The predicted octanol–water partition coefficient (Wildman–Crippen LogP) is 3.04. The van der Waals surface area contributed by atoms with Gasteiger partial charge in [-0.1, -0.05) is 6.07 Å². The molecule has 1 atom stereocenters. The summed E-state index contributed by atoms with van der Waals surface area (Å²) in [4.78, 5) is 19.1. The number of nitrogens with one attached hydrogen (secondary N) is 2. The van der Waals surface area contributed by atoms with Crippen molar-refractivity contribution in [3.8, 4) is 0 Å². The number of hydrogen-bond acceptors (Lipinski definition) is 4. The third kappa shape index (κ3) is 4.33. The van der Waals surface area contributed by atoms with Gasteiger partial charge in [-0.05, 0) is 62.7 Å². The Labute approximate surface area is 147 Å². The lowest BCUT2D eigenvalue weighted by atomic mass is 9.97. The molecular formula is C19H23FN4O. The van der Waals surface area contributed by atoms with Crippen molar-refractivity contribution in [3.63, 3.8) is 0 Å². The summed E-state index contributed by atoms with van der Waals surface area (Å²) in [7, 11) is 1.93. The van der Waals surface area contributed by atoms with Crippen molar-refractivity contribution in [1.82, 2.24) is 15.2 Å². The molecule has 3 rings (SSSR count). The monoisotopic (exact) mass is 342 g/mol. The second-order valence-corrected chi connectivity index (χ2v) is 6.35. The fourth-order valence-electron chi connectivity index (χ4n) is 3.26. The number of benzene rings is 1. The van der Waals surface area contributed by atoms with Gasteiger partial charge in [0.15, 0.2) is 0 Å². The van der Waals surface area contributed by atoms with E-state index >= 15 is 0 Å². The number of amides is 1. The molecule has 5 nitrogen and oxygen atoms in total. The maximum atomic E-state index is 13.4. The minimum atomic E-state index is -0.334. The van der Waals surface area contributed by atoms with E-state index in [9.17, 15) is 9.18 Å². The molecule has 25 heavy (non-hydrogen) atoms. The molecule has 0 spiro atoms. The van der Waals surface area contributed by atoms with Crippen molar-refractivity contribution in [3.05, 3.63) is 54.0 Å². The second-order valence-electron chi connectivity index (χ2n) is 6.35. The van der Waals surface area contributed by atoms with Crippen LogP contribution in [0.1, 0.15) is 23.2 Å². The second kappa shape index (κ2) is 8.07. The normalized spacial score (nSPS) is 17.4. The fourth-order valence-corrected chi connectivity index (χ4v) is 3.26. The fraction of sp³-hybridized carbons (Fsp3) is 0.368. The van der Waals surface area contributed by atoms with Gasteiger partial charge in [0.2, 0.25) is 0 Å². The van der Waals surface area contributed by atoms with E-state index < -0.39 is 0 Å². The molecule has 1 fully saturated rings. The molecule has 2 N–H and O–H groups in total. The zero-order valence-electron chi connectivity index (χ0n) is 14.3. The molecule has 1 aromatic heterocycles. The molecule has 1 aliphatic heterocycles. The zero-order chi connectivity index (χ0) is 17.6. The molecule has 1 amide bonds. The van der Waals surface area contributed by atoms with Crippen LogP contribution in [0.2, 0.25) is 0 Å². The summed E-state index contributed by atoms with van der Waals surface area (Å²) < 4.78 is 13.4. The summed E-state index contributed by atoms with van der Waals surface area (Å²) in [5.41, 5.74) is 1.08. The predicted molar refractivity (Wildman–Crippen MR) is 96.5 cm³/mol. The van der Waals surface area contributed by atoms with Gasteiger partial charge in [0.1, 0.15) is 11.6 Å². The van der Waals surface area contributed by atoms with Crippen molar-refractivity contribution < 1.29 is 9.18 Å². The number of hydrogen-bond donors (Lipinski definition) is 2. The van der Waals surface area contributed by atoms with Crippen molar-refractivity contribution in [1.29, 1.82) is 0 Å². The molecule has 2 aromatic rings. The average molecular weight is 342 g/mol. The van der Waals surface area contributed by atoms with E-state index in [0.717, 1.165) is 32.5 Å². The number of aromatic nitrogens is 1. The standard InChI is InChI=1S/C19H23FN4O/c1-21-12-14-5-4-10-24(13-14)19(25)17-8-3-9-22-18(17)23-16-7-2-6-15(20)11-16/h2-3,6-9,11,14,21H,4-5,10,12-13H2,1H3,(H,22,23)/t14-/m1/s1. The Morgan fingerprint density at radius 2 is 2.24 bits per heavy atom. The molecule has 1 aromatic carbocycles. The Kier molecular flexibility index (Phi) is 5.60. The largest absolute Gasteiger partial charge is 0.339 e. The number of halogens is 1. The van der Waals surface area contributed by atoms with Crippen molar-refractivity contribution >= 4 is 17.4 Å². The van der Waals surface area contributed by atoms with E-state index in [-0.39, 0.29) is 11.7 Å². The Hall–Kier alpha value is -2.47. The van der Waals surface area contributed by atoms with Crippen molar-refractivity contribution in [2.45, 2.75) is 12.8 Å². The molecule has 1 aliphatic rings. The van der Waals surface area contributed by atoms with Gasteiger partial charge >= 0.3 is 0 Å². The number of piperidine rings is 1. The number of anilines is 2. The minimum Gasteiger partial charge on any atom is -0.339 e. The highest BCUT2D eigenvalue weighted by molar-refractivity contribution is 5.99. The molecule has 0 unspecified atom stereocenters. The van der Waals surface area contributed by atoms with Gasteiger partial charge < -0.3 is 15.5 Å². The number of carbonyl (C=O) groups is 1. The van der Waals surface area contributed by atoms with E-state index in [0.29, 0.717) is 23.0 Å². The summed E-state index contributed by atoms with van der Waals surface area (Å²) in [5.74, 6) is 0.556. The first-order valence-electron chi connectivity index (χ1n) is 8.59. The molecule has 6 heteroatoms. The van der Waals surface area contributed by atoms with Crippen LogP contribution in [-0.4, -0.2) is 42.5 Å². The Morgan fingerprint density at radius 1 is 1.36 bits per heavy atom. The van der Waals surface area contributed by atoms with E-state index in [1.807, 2.05) is 11.9 Å². The van der Waals surface area contributed by atoms with Crippen LogP contribution in [0.25, 0.3) is 0 Å². The first-order valence-corrected chi connectivity index (χ1v) is 8.59. The number of rotatable bonds is 5. The Morgan fingerprint density at radius 3 is 3.04 bits per heavy atom. The number of likely N-dealkylation sites (tertiary alicyclic amines) is 1. The third-order valence-corrected chi connectivity index (χ3v) is 4.42. The van der Waals surface area contributed by atoms with Gasteiger partial charge in [-0.25, -0.2) is 9.37 Å². The van der Waals surface area contributed by atoms with Crippen LogP contribution < -0.4 is 10.6 Å². The van der Waals surface area contributed by atoms with Crippen molar-refractivity contribution in [2.75, 3.05) is 32.0 Å². The molecule has 0 aliphatic carbocycles. The van der Waals surface area contributed by atoms with Gasteiger partial charge in [-0.2, -0.15) is 0 Å². The average Bonchev–Trinajstić information content (AvgIpc) is 2.62. The highest BCUT2D eigenvalue weighted by Gasteiger charge is 2.25. The first kappa shape index (κ1) is 17.4. The van der Waals surface area contributed by atoms with Crippen LogP contribution in [0.15, 0.2) is 42.6 Å². The molecule has 132 valence electrons. The quantitative estimate of drug-likeness (QED) is 0.877. The number of pyridine rings is 1. The van der Waals surface area contributed by atoms with E-state index in [1.54, 1.807) is 30.5 Å². The minimum absolute atomic E-state index is 0.0344. The van der Waals surface area contributed by atoms with Crippen LogP contribution >= 0.6 is 0 Å². The Balaban J connectivity index is 1.79. The van der Waals surface area contributed by atoms with Gasteiger partial charge in [0.25, 0.3) is 5.91 Å². The zero-order valence-corrected chi connectivity index (χ0v) is 14.3. The highest BCUT2D eigenvalue weighted by Crippen LogP contribution is 2.23. The highest BCUT2D eigenvalue weighted by atomic mass is 19.1. The summed E-state index contributed by atoms with van der Waals surface area (Å²) >= 11 is 0. The lowest BCUT2D eigenvalue weighted by molar-refractivity contribution is 0.0675. The van der Waals surface area contributed by atoms with Crippen LogP contribution in [0.3, 0.4) is 0 Å². The topological polar surface area (TPSA) is 57.3 Å². The number of nitrogens with zero attached hydrogens (tertiary/aromatic N) is 2. The maximum Gasteiger partial charge on any atom is 0.257 e. The van der Waals surface area contributed by atoms with Crippen LogP contribution in [0, 0.1) is 11.7 Å². The van der Waals surface area contributed by atoms with Crippen LogP contribution in [0.4, 0.5) is 15.9 Å². The third-order valence-electron chi connectivity index (χ3n) is 4.42. The summed E-state index contributed by atoms with van der Waals surface area (Å²) in [6, 6.07) is 9.64. The summed E-state index contributed by atoms with van der Waals surface area (Å²) in [6.07, 6.45) is 3.76. The van der Waals surface area contributed by atoms with E-state index in [2.05, 4.69) is 15.6 Å². The van der Waals surface area contributed by atoms with Crippen LogP contribution in [0.5, 0.6) is 0 Å². The van der Waals surface area contributed by atoms with Gasteiger partial charge in [0.05, 0.1) is 5.56 Å². The molecule has 0 radical (unpaired) electrons. The lowest BCUT2D eigenvalue weighted by Crippen LogP contribution is -2.42. The lowest BCUT2D eigenvalue weighted by Gasteiger charge is -2.33. The molecular weight excluding hydrogens is 319 g/mol. The van der Waals surface area contributed by atoms with Crippen molar-refractivity contribution in [2.24, 2.45) is 5.92 Å². The summed E-state index contributed by atoms with van der Waals surface area (Å²) in [6.45, 7) is 2.41. The van der Waals surface area contributed by atoms with E-state index in [4.69, 9.17) is 0 Å². The van der Waals surface area contributed by atoms with Gasteiger partial charge in [-0.3, -0.25) is 4.79 Å². The molecule has 1 saturated heterocycles. The smallest absolute Gasteiger partial charge is 0.257 e. The van der Waals surface area contributed by atoms with Crippen LogP contribution in [-0.2, 0) is 0 Å². The number of carbonyl (C=O) groups excluding carboxylic acids is 1. The van der Waals surface area contributed by atoms with Gasteiger partial charge in [0, 0.05) is 25.0 Å². The summed E-state index contributed by atoms with van der Waals surface area (Å²) in [5, 5.41) is 6.25. The van der Waals surface area contributed by atoms with Gasteiger partial charge in [-0.15, -0.1) is 0 Å². The van der Waals surface area contributed by atoms with E-state index in [1.165, 1.54) is 12.1 Å².